The van der Waals surface area contributed by atoms with Crippen LogP contribution >= 0.6 is 11.6 Å². The Morgan fingerprint density at radius 1 is 0.475 bits per heavy atom. The average molecular weight is 559 g/mol. The summed E-state index contributed by atoms with van der Waals surface area (Å²) in [4.78, 5) is 0. The summed E-state index contributed by atoms with van der Waals surface area (Å²) in [5, 5.41) is 0. The van der Waals surface area contributed by atoms with E-state index in [0.717, 1.165) is 22.3 Å². The fourth-order valence-corrected chi connectivity index (χ4v) is 5.08. The molecular weight excluding hydrogens is 524 g/mol. The van der Waals surface area contributed by atoms with Crippen LogP contribution in [-0.4, -0.2) is 36.6 Å². The molecule has 1 heterocycles. The quantitative estimate of drug-likeness (QED) is 0.167. The largest absolute Gasteiger partial charge is 0.374 e. The van der Waals surface area contributed by atoms with Crippen LogP contribution in [0.3, 0.4) is 0 Å². The van der Waals surface area contributed by atoms with E-state index < -0.39 is 30.0 Å². The highest BCUT2D eigenvalue weighted by atomic mass is 35.5. The van der Waals surface area contributed by atoms with Crippen LogP contribution in [0.1, 0.15) is 22.3 Å². The topological polar surface area (TPSA) is 46.2 Å². The molecule has 0 amide bonds. The van der Waals surface area contributed by atoms with Crippen LogP contribution in [0.25, 0.3) is 0 Å². The molecule has 4 aromatic rings. The fraction of sp³-hybridized carbons (Fsp3) is 0.294. The molecule has 4 aromatic carbocycles. The summed E-state index contributed by atoms with van der Waals surface area (Å²) in [6, 6.07) is 40.2. The summed E-state index contributed by atoms with van der Waals surface area (Å²) in [5.74, 6) is 0. The Bertz CT molecular complexity index is 1240. The number of ether oxygens (including phenoxy) is 5. The Balaban J connectivity index is 1.36. The van der Waals surface area contributed by atoms with E-state index in [4.69, 9.17) is 35.3 Å². The number of rotatable bonds is 13. The zero-order valence-electron chi connectivity index (χ0n) is 22.4. The SMILES string of the molecule is Cl[C@H]1OC(COCc2ccccc2)[C@@H](OCc2ccccc2)C(OCc2ccccc2)C1OCc1ccccc1. The van der Waals surface area contributed by atoms with E-state index in [0.29, 0.717) is 33.0 Å². The molecular formula is C34H35ClO5. The van der Waals surface area contributed by atoms with Crippen molar-refractivity contribution in [3.8, 4) is 0 Å². The first-order valence-electron chi connectivity index (χ1n) is 13.6. The molecule has 5 atom stereocenters. The molecule has 1 saturated heterocycles. The van der Waals surface area contributed by atoms with Gasteiger partial charge in [-0.1, -0.05) is 133 Å². The molecule has 0 aromatic heterocycles. The summed E-state index contributed by atoms with van der Waals surface area (Å²) in [5.41, 5.74) is 3.50. The van der Waals surface area contributed by atoms with E-state index in [1.54, 1.807) is 0 Å². The van der Waals surface area contributed by atoms with Crippen molar-refractivity contribution in [1.82, 2.24) is 0 Å². The minimum Gasteiger partial charge on any atom is -0.374 e. The van der Waals surface area contributed by atoms with Crippen molar-refractivity contribution in [3.63, 3.8) is 0 Å². The maximum absolute atomic E-state index is 6.86. The Morgan fingerprint density at radius 2 is 0.850 bits per heavy atom. The average Bonchev–Trinajstić information content (AvgIpc) is 3.01. The fourth-order valence-electron chi connectivity index (χ4n) is 4.73. The van der Waals surface area contributed by atoms with Crippen molar-refractivity contribution in [1.29, 1.82) is 0 Å². The molecule has 208 valence electrons. The van der Waals surface area contributed by atoms with Crippen LogP contribution in [0.15, 0.2) is 121 Å². The molecule has 0 saturated carbocycles. The molecule has 0 spiro atoms. The molecule has 6 heteroatoms. The molecule has 0 radical (unpaired) electrons. The highest BCUT2D eigenvalue weighted by Gasteiger charge is 2.47. The highest BCUT2D eigenvalue weighted by molar-refractivity contribution is 6.20. The smallest absolute Gasteiger partial charge is 0.160 e. The van der Waals surface area contributed by atoms with Crippen molar-refractivity contribution in [3.05, 3.63) is 144 Å². The third-order valence-corrected chi connectivity index (χ3v) is 7.18. The van der Waals surface area contributed by atoms with Gasteiger partial charge in [-0.05, 0) is 22.3 Å². The van der Waals surface area contributed by atoms with Gasteiger partial charge in [-0.15, -0.1) is 0 Å². The molecule has 0 aliphatic carbocycles. The zero-order chi connectivity index (χ0) is 27.4. The van der Waals surface area contributed by atoms with E-state index >= 15 is 0 Å². The Hall–Kier alpha value is -3.03. The number of halogens is 1. The number of hydrogen-bond acceptors (Lipinski definition) is 5. The second-order valence-electron chi connectivity index (χ2n) is 9.81. The van der Waals surface area contributed by atoms with Crippen LogP contribution in [0.5, 0.6) is 0 Å². The lowest BCUT2D eigenvalue weighted by Gasteiger charge is -2.44. The molecule has 1 aliphatic heterocycles. The molecule has 3 unspecified atom stereocenters. The zero-order valence-corrected chi connectivity index (χ0v) is 23.1. The van der Waals surface area contributed by atoms with E-state index in [1.165, 1.54) is 0 Å². The minimum absolute atomic E-state index is 0.300. The Kier molecular flexibility index (Phi) is 10.8. The van der Waals surface area contributed by atoms with Crippen LogP contribution in [0, 0.1) is 0 Å². The highest BCUT2D eigenvalue weighted by Crippen LogP contribution is 2.32. The predicted octanol–water partition coefficient (Wildman–Crippen LogP) is 6.92. The summed E-state index contributed by atoms with van der Waals surface area (Å²) in [7, 11) is 0. The monoisotopic (exact) mass is 558 g/mol. The van der Waals surface area contributed by atoms with Gasteiger partial charge in [0.1, 0.15) is 24.4 Å². The van der Waals surface area contributed by atoms with Gasteiger partial charge >= 0.3 is 0 Å². The first kappa shape index (κ1) is 28.5. The Morgan fingerprint density at radius 3 is 1.30 bits per heavy atom. The van der Waals surface area contributed by atoms with Crippen molar-refractivity contribution >= 4 is 11.6 Å². The van der Waals surface area contributed by atoms with Gasteiger partial charge in [0.15, 0.2) is 5.56 Å². The van der Waals surface area contributed by atoms with Crippen LogP contribution in [0.4, 0.5) is 0 Å². The van der Waals surface area contributed by atoms with Crippen molar-refractivity contribution in [2.45, 2.75) is 56.4 Å². The van der Waals surface area contributed by atoms with Gasteiger partial charge in [-0.3, -0.25) is 0 Å². The molecule has 5 nitrogen and oxygen atoms in total. The number of hydrogen-bond donors (Lipinski definition) is 0. The van der Waals surface area contributed by atoms with E-state index in [-0.39, 0.29) is 0 Å². The normalized spacial score (nSPS) is 22.7. The summed E-state index contributed by atoms with van der Waals surface area (Å²) >= 11 is 6.86. The predicted molar refractivity (Wildman–Crippen MR) is 156 cm³/mol. The molecule has 5 rings (SSSR count). The number of alkyl halides is 1. The van der Waals surface area contributed by atoms with Crippen LogP contribution in [0.2, 0.25) is 0 Å². The molecule has 1 fully saturated rings. The number of benzene rings is 4. The van der Waals surface area contributed by atoms with Gasteiger partial charge in [0, 0.05) is 0 Å². The van der Waals surface area contributed by atoms with Gasteiger partial charge < -0.3 is 23.7 Å². The third kappa shape index (κ3) is 8.24. The van der Waals surface area contributed by atoms with Gasteiger partial charge in [0.2, 0.25) is 0 Å². The lowest BCUT2D eigenvalue weighted by molar-refractivity contribution is -0.256. The van der Waals surface area contributed by atoms with Crippen molar-refractivity contribution < 1.29 is 23.7 Å². The maximum atomic E-state index is 6.86. The molecule has 0 N–H and O–H groups in total. The first-order valence-corrected chi connectivity index (χ1v) is 14.1. The summed E-state index contributed by atoms with van der Waals surface area (Å²) in [6.07, 6.45) is -1.98. The van der Waals surface area contributed by atoms with Crippen molar-refractivity contribution in [2.24, 2.45) is 0 Å². The summed E-state index contributed by atoms with van der Waals surface area (Å²) < 4.78 is 31.9. The standard InChI is InChI=1S/C34H35ClO5/c35-34-33(39-24-29-19-11-4-12-20-29)32(38-23-28-17-9-3-10-18-28)31(37-22-27-15-7-2-8-16-27)30(40-34)25-36-21-26-13-5-1-6-14-26/h1-20,30-34H,21-25H2/t30?,31-,32?,33?,34+/m1/s1. The van der Waals surface area contributed by atoms with E-state index in [9.17, 15) is 0 Å². The Labute approximate surface area is 241 Å². The lowest BCUT2D eigenvalue weighted by Crippen LogP contribution is -2.59. The van der Waals surface area contributed by atoms with Crippen molar-refractivity contribution in [2.75, 3.05) is 6.61 Å². The van der Waals surface area contributed by atoms with Crippen LogP contribution < -0.4 is 0 Å². The minimum atomic E-state index is -0.744. The first-order chi connectivity index (χ1) is 19.8. The molecule has 1 aliphatic rings. The van der Waals surface area contributed by atoms with Gasteiger partial charge in [-0.25, -0.2) is 0 Å². The second kappa shape index (κ2) is 15.1. The van der Waals surface area contributed by atoms with Gasteiger partial charge in [0.25, 0.3) is 0 Å². The van der Waals surface area contributed by atoms with E-state index in [2.05, 4.69) is 0 Å². The maximum Gasteiger partial charge on any atom is 0.160 e. The summed E-state index contributed by atoms with van der Waals surface area (Å²) in [6.45, 7) is 1.93. The van der Waals surface area contributed by atoms with E-state index in [1.807, 2.05) is 121 Å². The molecule has 40 heavy (non-hydrogen) atoms. The third-order valence-electron chi connectivity index (χ3n) is 6.83. The lowest BCUT2D eigenvalue weighted by atomic mass is 9.99. The second-order valence-corrected chi connectivity index (χ2v) is 10.2. The van der Waals surface area contributed by atoms with Gasteiger partial charge in [-0.2, -0.15) is 0 Å². The van der Waals surface area contributed by atoms with Crippen LogP contribution in [-0.2, 0) is 50.1 Å². The van der Waals surface area contributed by atoms with Gasteiger partial charge in [0.05, 0.1) is 33.0 Å². The molecule has 0 bridgehead atoms.